The molecule has 0 atom stereocenters. The van der Waals surface area contributed by atoms with Crippen LogP contribution in [0.4, 0.5) is 5.88 Å². The maximum atomic E-state index is 5.34. The molecule has 3 rings (SSSR count). The first-order valence-corrected chi connectivity index (χ1v) is 6.33. The smallest absolute Gasteiger partial charge is 0.228 e. The first-order chi connectivity index (χ1) is 7.88. The highest BCUT2D eigenvalue weighted by molar-refractivity contribution is 5.49. The van der Waals surface area contributed by atoms with Gasteiger partial charge >= 0.3 is 0 Å². The quantitative estimate of drug-likeness (QED) is 0.827. The maximum absolute atomic E-state index is 5.34. The molecule has 0 bridgehead atoms. The normalized spacial score (nSPS) is 22.1. The second-order valence-corrected chi connectivity index (χ2v) is 4.76. The number of piperidine rings is 1. The summed E-state index contributed by atoms with van der Waals surface area (Å²) in [6.07, 6.45) is 3.54. The van der Waals surface area contributed by atoms with Crippen LogP contribution >= 0.6 is 0 Å². The van der Waals surface area contributed by atoms with Gasteiger partial charge in [0.25, 0.3) is 0 Å². The molecule has 0 unspecified atom stereocenters. The van der Waals surface area contributed by atoms with E-state index in [0.717, 1.165) is 18.8 Å². The first kappa shape index (κ1) is 10.1. The van der Waals surface area contributed by atoms with E-state index in [9.17, 15) is 0 Å². The third kappa shape index (κ3) is 1.61. The lowest BCUT2D eigenvalue weighted by Crippen LogP contribution is -2.32. The lowest BCUT2D eigenvalue weighted by atomic mass is 9.91. The highest BCUT2D eigenvalue weighted by Gasteiger charge is 2.28. The molecule has 16 heavy (non-hydrogen) atoms. The van der Waals surface area contributed by atoms with Crippen molar-refractivity contribution in [2.75, 3.05) is 31.5 Å². The zero-order valence-electron chi connectivity index (χ0n) is 9.83. The summed E-state index contributed by atoms with van der Waals surface area (Å²) >= 11 is 0. The Balaban J connectivity index is 1.73. The van der Waals surface area contributed by atoms with E-state index in [1.807, 2.05) is 0 Å². The van der Waals surface area contributed by atoms with Crippen LogP contribution in [0.2, 0.25) is 0 Å². The Morgan fingerprint density at radius 3 is 3.00 bits per heavy atom. The Kier molecular flexibility index (Phi) is 2.59. The third-order valence-corrected chi connectivity index (χ3v) is 3.90. The van der Waals surface area contributed by atoms with Gasteiger partial charge in [-0.25, -0.2) is 0 Å². The number of aromatic nitrogens is 1. The summed E-state index contributed by atoms with van der Waals surface area (Å²) in [5, 5.41) is 7.50. The largest absolute Gasteiger partial charge is 0.353 e. The molecule has 1 N–H and O–H groups in total. The monoisotopic (exact) mass is 221 g/mol. The number of likely N-dealkylation sites (tertiary alicyclic amines) is 1. The molecule has 0 aliphatic carbocycles. The SMILES string of the molecule is CCN1CCC(c2noc3c2CCN3)CC1. The molecule has 1 saturated heterocycles. The summed E-state index contributed by atoms with van der Waals surface area (Å²) < 4.78 is 5.34. The number of hydrogen-bond acceptors (Lipinski definition) is 4. The predicted octanol–water partition coefficient (Wildman–Crippen LogP) is 1.84. The molecule has 2 aliphatic rings. The second kappa shape index (κ2) is 4.09. The van der Waals surface area contributed by atoms with Crippen molar-refractivity contribution >= 4 is 5.88 Å². The standard InChI is InChI=1S/C12H19N3O/c1-2-15-7-4-9(5-8-15)11-10-3-6-13-12(10)16-14-11/h9,13H,2-8H2,1H3. The molecule has 3 heterocycles. The van der Waals surface area contributed by atoms with E-state index in [-0.39, 0.29) is 0 Å². The molecule has 0 saturated carbocycles. The minimum atomic E-state index is 0.621. The molecule has 1 aromatic rings. The van der Waals surface area contributed by atoms with Crippen molar-refractivity contribution in [2.24, 2.45) is 0 Å². The van der Waals surface area contributed by atoms with Crippen LogP contribution in [0.15, 0.2) is 4.52 Å². The van der Waals surface area contributed by atoms with E-state index >= 15 is 0 Å². The minimum Gasteiger partial charge on any atom is -0.353 e. The Morgan fingerprint density at radius 1 is 1.44 bits per heavy atom. The van der Waals surface area contributed by atoms with Crippen LogP contribution in [0.1, 0.15) is 36.9 Å². The van der Waals surface area contributed by atoms with Crippen molar-refractivity contribution in [1.29, 1.82) is 0 Å². The fourth-order valence-electron chi connectivity index (χ4n) is 2.85. The van der Waals surface area contributed by atoms with Gasteiger partial charge in [0.05, 0.1) is 5.69 Å². The van der Waals surface area contributed by atoms with Crippen LogP contribution in [-0.4, -0.2) is 36.2 Å². The van der Waals surface area contributed by atoms with Crippen LogP contribution in [0, 0.1) is 0 Å². The van der Waals surface area contributed by atoms with Crippen molar-refractivity contribution in [2.45, 2.75) is 32.1 Å². The molecule has 88 valence electrons. The lowest BCUT2D eigenvalue weighted by Gasteiger charge is -2.30. The summed E-state index contributed by atoms with van der Waals surface area (Å²) in [5.41, 5.74) is 2.57. The zero-order valence-corrected chi connectivity index (χ0v) is 9.83. The highest BCUT2D eigenvalue weighted by atomic mass is 16.5. The number of nitrogens with zero attached hydrogens (tertiary/aromatic N) is 2. The van der Waals surface area contributed by atoms with Crippen molar-refractivity contribution in [3.8, 4) is 0 Å². The van der Waals surface area contributed by atoms with Gasteiger partial charge in [-0.05, 0) is 38.9 Å². The molecule has 4 heteroatoms. The maximum Gasteiger partial charge on any atom is 0.228 e. The Morgan fingerprint density at radius 2 is 2.25 bits per heavy atom. The Hall–Kier alpha value is -1.03. The number of hydrogen-bond donors (Lipinski definition) is 1. The van der Waals surface area contributed by atoms with E-state index in [1.54, 1.807) is 0 Å². The summed E-state index contributed by atoms with van der Waals surface area (Å²) in [5.74, 6) is 1.54. The van der Waals surface area contributed by atoms with E-state index < -0.39 is 0 Å². The Labute approximate surface area is 96.0 Å². The van der Waals surface area contributed by atoms with Gasteiger partial charge in [0, 0.05) is 18.0 Å². The van der Waals surface area contributed by atoms with Gasteiger partial charge in [0.2, 0.25) is 5.88 Å². The fourth-order valence-corrected chi connectivity index (χ4v) is 2.85. The minimum absolute atomic E-state index is 0.621. The van der Waals surface area contributed by atoms with Crippen LogP contribution in [-0.2, 0) is 6.42 Å². The van der Waals surface area contributed by atoms with E-state index in [2.05, 4.69) is 22.3 Å². The molecule has 1 fully saturated rings. The highest BCUT2D eigenvalue weighted by Crippen LogP contribution is 2.35. The second-order valence-electron chi connectivity index (χ2n) is 4.76. The Bertz CT molecular complexity index is 366. The average Bonchev–Trinajstić information content (AvgIpc) is 2.91. The zero-order chi connectivity index (χ0) is 11.0. The third-order valence-electron chi connectivity index (χ3n) is 3.90. The van der Waals surface area contributed by atoms with Crippen molar-refractivity contribution < 1.29 is 4.52 Å². The van der Waals surface area contributed by atoms with E-state index in [0.29, 0.717) is 5.92 Å². The van der Waals surface area contributed by atoms with Gasteiger partial charge in [-0.1, -0.05) is 12.1 Å². The van der Waals surface area contributed by atoms with E-state index in [4.69, 9.17) is 4.52 Å². The van der Waals surface area contributed by atoms with Gasteiger partial charge in [-0.2, -0.15) is 0 Å². The first-order valence-electron chi connectivity index (χ1n) is 6.33. The predicted molar refractivity (Wildman–Crippen MR) is 62.8 cm³/mol. The summed E-state index contributed by atoms with van der Waals surface area (Å²) in [6.45, 7) is 6.83. The van der Waals surface area contributed by atoms with Crippen LogP contribution in [0.25, 0.3) is 0 Å². The molecule has 0 aromatic carbocycles. The summed E-state index contributed by atoms with van der Waals surface area (Å²) in [7, 11) is 0. The average molecular weight is 221 g/mol. The number of anilines is 1. The van der Waals surface area contributed by atoms with Crippen molar-refractivity contribution in [1.82, 2.24) is 10.1 Å². The molecule has 2 aliphatic heterocycles. The lowest BCUT2D eigenvalue weighted by molar-refractivity contribution is 0.218. The van der Waals surface area contributed by atoms with Gasteiger partial charge in [0.1, 0.15) is 0 Å². The number of nitrogens with one attached hydrogen (secondary N) is 1. The van der Waals surface area contributed by atoms with Crippen LogP contribution in [0.5, 0.6) is 0 Å². The van der Waals surface area contributed by atoms with Crippen molar-refractivity contribution in [3.05, 3.63) is 11.3 Å². The number of fused-ring (bicyclic) bond motifs is 1. The number of rotatable bonds is 2. The summed E-state index contributed by atoms with van der Waals surface area (Å²) in [6, 6.07) is 0. The molecule has 0 radical (unpaired) electrons. The fraction of sp³-hybridized carbons (Fsp3) is 0.750. The molecule has 1 aromatic heterocycles. The van der Waals surface area contributed by atoms with Gasteiger partial charge in [-0.15, -0.1) is 0 Å². The van der Waals surface area contributed by atoms with Gasteiger partial charge < -0.3 is 14.7 Å². The van der Waals surface area contributed by atoms with Crippen LogP contribution < -0.4 is 5.32 Å². The van der Waals surface area contributed by atoms with Crippen molar-refractivity contribution in [3.63, 3.8) is 0 Å². The molecular formula is C12H19N3O. The summed E-state index contributed by atoms with van der Waals surface area (Å²) in [4.78, 5) is 2.51. The molecular weight excluding hydrogens is 202 g/mol. The van der Waals surface area contributed by atoms with Crippen LogP contribution in [0.3, 0.4) is 0 Å². The van der Waals surface area contributed by atoms with Gasteiger partial charge in [0.15, 0.2) is 0 Å². The van der Waals surface area contributed by atoms with E-state index in [1.165, 1.54) is 43.7 Å². The molecule has 4 nitrogen and oxygen atoms in total. The molecule has 0 amide bonds. The molecule has 0 spiro atoms. The topological polar surface area (TPSA) is 41.3 Å². The van der Waals surface area contributed by atoms with Gasteiger partial charge in [-0.3, -0.25) is 0 Å².